The van der Waals surface area contributed by atoms with E-state index in [0.29, 0.717) is 10.0 Å². The third-order valence-corrected chi connectivity index (χ3v) is 2.05. The second kappa shape index (κ2) is 2.98. The normalized spacial score (nSPS) is 9.70. The van der Waals surface area contributed by atoms with E-state index >= 15 is 0 Å². The lowest BCUT2D eigenvalue weighted by Gasteiger charge is -1.87. The molecule has 5 heteroatoms. The van der Waals surface area contributed by atoms with Crippen molar-refractivity contribution in [3.05, 3.63) is 15.5 Å². The molecule has 0 aliphatic rings. The van der Waals surface area contributed by atoms with Gasteiger partial charge in [-0.2, -0.15) is 0 Å². The van der Waals surface area contributed by atoms with Crippen LogP contribution < -0.4 is 0 Å². The van der Waals surface area contributed by atoms with Crippen molar-refractivity contribution in [1.29, 1.82) is 0 Å². The highest BCUT2D eigenvalue weighted by atomic mass is 35.5. The van der Waals surface area contributed by atoms with E-state index in [0.717, 1.165) is 0 Å². The molecule has 0 saturated heterocycles. The van der Waals surface area contributed by atoms with Crippen molar-refractivity contribution >= 4 is 28.9 Å². The van der Waals surface area contributed by atoms with Crippen LogP contribution in [-0.4, -0.2) is 16.1 Å². The highest BCUT2D eigenvalue weighted by Crippen LogP contribution is 2.19. The van der Waals surface area contributed by atoms with E-state index < -0.39 is 5.97 Å². The van der Waals surface area contributed by atoms with Crippen molar-refractivity contribution in [3.8, 4) is 0 Å². The summed E-state index contributed by atoms with van der Waals surface area (Å²) in [4.78, 5) is 13.9. The van der Waals surface area contributed by atoms with E-state index in [1.165, 1.54) is 16.8 Å². The Hall–Kier alpha value is -0.610. The lowest BCUT2D eigenvalue weighted by atomic mass is 10.3. The first-order chi connectivity index (χ1) is 4.70. The topological polar surface area (TPSA) is 50.2 Å². The number of hydrogen-bond acceptors (Lipinski definition) is 3. The van der Waals surface area contributed by atoms with Crippen LogP contribution in [0.3, 0.4) is 0 Å². The maximum absolute atomic E-state index is 10.1. The average Bonchev–Trinajstić information content (AvgIpc) is 2.15. The summed E-state index contributed by atoms with van der Waals surface area (Å²) < 4.78 is 0.461. The quantitative estimate of drug-likeness (QED) is 0.744. The Morgan fingerprint density at radius 1 is 1.90 bits per heavy atom. The molecule has 1 aromatic heterocycles. The lowest BCUT2D eigenvalue weighted by Crippen LogP contribution is -2.00. The summed E-state index contributed by atoms with van der Waals surface area (Å²) in [7, 11) is 0. The van der Waals surface area contributed by atoms with Crippen LogP contribution in [0.25, 0.3) is 0 Å². The van der Waals surface area contributed by atoms with Crippen molar-refractivity contribution in [2.45, 2.75) is 6.42 Å². The predicted molar refractivity (Wildman–Crippen MR) is 38.5 cm³/mol. The Balaban J connectivity index is 2.74. The molecule has 54 valence electrons. The van der Waals surface area contributed by atoms with Crippen LogP contribution in [-0.2, 0) is 11.2 Å². The molecule has 0 amide bonds. The Labute approximate surface area is 66.3 Å². The van der Waals surface area contributed by atoms with Gasteiger partial charge in [0.2, 0.25) is 0 Å². The van der Waals surface area contributed by atoms with Crippen LogP contribution in [0.5, 0.6) is 0 Å². The average molecular weight is 178 g/mol. The van der Waals surface area contributed by atoms with Gasteiger partial charge in [-0.05, 0) is 0 Å². The van der Waals surface area contributed by atoms with Crippen LogP contribution in [0, 0.1) is 0 Å². The molecule has 0 aliphatic carbocycles. The third-order valence-electron chi connectivity index (χ3n) is 0.910. The zero-order valence-electron chi connectivity index (χ0n) is 4.87. The number of hydrogen-bond donors (Lipinski definition) is 1. The Morgan fingerprint density at radius 3 is 3.00 bits per heavy atom. The number of thiazole rings is 1. The van der Waals surface area contributed by atoms with Gasteiger partial charge in [-0.3, -0.25) is 4.79 Å². The van der Waals surface area contributed by atoms with Gasteiger partial charge in [0.1, 0.15) is 4.34 Å². The van der Waals surface area contributed by atoms with E-state index in [4.69, 9.17) is 16.7 Å². The largest absolute Gasteiger partial charge is 0.481 e. The Morgan fingerprint density at radius 2 is 2.60 bits per heavy atom. The summed E-state index contributed by atoms with van der Waals surface area (Å²) in [5.74, 6) is -0.909. The van der Waals surface area contributed by atoms with Gasteiger partial charge < -0.3 is 5.11 Å². The molecule has 0 fully saturated rings. The highest BCUT2D eigenvalue weighted by molar-refractivity contribution is 7.14. The van der Waals surface area contributed by atoms with Crippen molar-refractivity contribution in [2.24, 2.45) is 0 Å². The first-order valence-electron chi connectivity index (χ1n) is 2.50. The van der Waals surface area contributed by atoms with Crippen LogP contribution >= 0.6 is 22.9 Å². The molecule has 0 radical (unpaired) electrons. The number of nitrogens with zero attached hydrogens (tertiary/aromatic N) is 1. The molecule has 3 nitrogen and oxygen atoms in total. The molecule has 1 N–H and O–H groups in total. The minimum atomic E-state index is -0.909. The summed E-state index contributed by atoms with van der Waals surface area (Å²) in [6, 6.07) is 0. The second-order valence-corrected chi connectivity index (χ2v) is 3.10. The minimum absolute atomic E-state index is 0.0949. The molecule has 0 saturated carbocycles. The monoisotopic (exact) mass is 177 g/mol. The molecule has 0 atom stereocenters. The maximum Gasteiger partial charge on any atom is 0.309 e. The van der Waals surface area contributed by atoms with E-state index in [9.17, 15) is 4.79 Å². The fourth-order valence-corrected chi connectivity index (χ4v) is 1.28. The number of carboxylic acids is 1. The minimum Gasteiger partial charge on any atom is -0.481 e. The first kappa shape index (κ1) is 7.50. The van der Waals surface area contributed by atoms with Gasteiger partial charge in [-0.15, -0.1) is 11.3 Å². The summed E-state index contributed by atoms with van der Waals surface area (Å²) in [6.07, 6.45) is -0.0949. The van der Waals surface area contributed by atoms with Crippen molar-refractivity contribution < 1.29 is 9.90 Å². The first-order valence-corrected chi connectivity index (χ1v) is 3.75. The molecule has 0 bridgehead atoms. The lowest BCUT2D eigenvalue weighted by molar-refractivity contribution is -0.136. The molecule has 10 heavy (non-hydrogen) atoms. The van der Waals surface area contributed by atoms with Gasteiger partial charge >= 0.3 is 5.97 Å². The number of aromatic nitrogens is 1. The standard InChI is InChI=1S/C5H4ClNO2S/c6-5-3(1-4(8)9)7-2-10-5/h2H,1H2,(H,8,9). The van der Waals surface area contributed by atoms with E-state index in [1.54, 1.807) is 0 Å². The molecular weight excluding hydrogens is 174 g/mol. The molecule has 0 aliphatic heterocycles. The number of carboxylic acid groups (broad SMARTS) is 1. The molecule has 1 rings (SSSR count). The predicted octanol–water partition coefficient (Wildman–Crippen LogP) is 1.42. The summed E-state index contributed by atoms with van der Waals surface area (Å²) in [5.41, 5.74) is 1.97. The number of rotatable bonds is 2. The van der Waals surface area contributed by atoms with Gasteiger partial charge in [0.15, 0.2) is 0 Å². The summed E-state index contributed by atoms with van der Waals surface area (Å²) >= 11 is 6.81. The molecular formula is C5H4ClNO2S. The Kier molecular flexibility index (Phi) is 2.24. The van der Waals surface area contributed by atoms with Crippen LogP contribution in [0.4, 0.5) is 0 Å². The van der Waals surface area contributed by atoms with Crippen molar-refractivity contribution in [3.63, 3.8) is 0 Å². The zero-order valence-corrected chi connectivity index (χ0v) is 6.45. The Bertz CT molecular complexity index is 248. The van der Waals surface area contributed by atoms with Gasteiger partial charge in [-0.25, -0.2) is 4.98 Å². The molecule has 1 heterocycles. The maximum atomic E-state index is 10.1. The number of halogens is 1. The molecule has 0 unspecified atom stereocenters. The molecule has 0 aromatic carbocycles. The third kappa shape index (κ3) is 1.68. The van der Waals surface area contributed by atoms with E-state index in [2.05, 4.69) is 4.98 Å². The highest BCUT2D eigenvalue weighted by Gasteiger charge is 2.06. The fraction of sp³-hybridized carbons (Fsp3) is 0.200. The van der Waals surface area contributed by atoms with Crippen molar-refractivity contribution in [1.82, 2.24) is 4.98 Å². The number of aliphatic carboxylic acids is 1. The second-order valence-electron chi connectivity index (χ2n) is 1.64. The van der Waals surface area contributed by atoms with Gasteiger partial charge in [0, 0.05) is 0 Å². The smallest absolute Gasteiger partial charge is 0.309 e. The van der Waals surface area contributed by atoms with Crippen molar-refractivity contribution in [2.75, 3.05) is 0 Å². The van der Waals surface area contributed by atoms with E-state index in [-0.39, 0.29) is 6.42 Å². The van der Waals surface area contributed by atoms with Gasteiger partial charge in [-0.1, -0.05) is 11.6 Å². The van der Waals surface area contributed by atoms with Crippen LogP contribution in [0.1, 0.15) is 5.69 Å². The summed E-state index contributed by atoms with van der Waals surface area (Å²) in [6.45, 7) is 0. The number of carbonyl (C=O) groups is 1. The van der Waals surface area contributed by atoms with E-state index in [1.807, 2.05) is 0 Å². The zero-order chi connectivity index (χ0) is 7.56. The SMILES string of the molecule is O=C(O)Cc1ncsc1Cl. The molecule has 1 aromatic rings. The van der Waals surface area contributed by atoms with Crippen LogP contribution in [0.2, 0.25) is 4.34 Å². The van der Waals surface area contributed by atoms with Gasteiger partial charge in [0.05, 0.1) is 17.6 Å². The van der Waals surface area contributed by atoms with Gasteiger partial charge in [0.25, 0.3) is 0 Å². The summed E-state index contributed by atoms with van der Waals surface area (Å²) in [5, 5.41) is 8.32. The molecule has 0 spiro atoms. The van der Waals surface area contributed by atoms with Crippen LogP contribution in [0.15, 0.2) is 5.51 Å². The fourth-order valence-electron chi connectivity index (χ4n) is 0.513.